The van der Waals surface area contributed by atoms with Gasteiger partial charge in [-0.15, -0.1) is 0 Å². The van der Waals surface area contributed by atoms with Crippen LogP contribution in [0.2, 0.25) is 0 Å². The molecule has 0 N–H and O–H groups in total. The minimum Gasteiger partial charge on any atom is -0.488 e. The summed E-state index contributed by atoms with van der Waals surface area (Å²) in [7, 11) is 1.39. The molecule has 126 valence electrons. The van der Waals surface area contributed by atoms with E-state index in [1.807, 2.05) is 60.7 Å². The molecule has 25 heavy (non-hydrogen) atoms. The lowest BCUT2D eigenvalue weighted by atomic mass is 10.0. The summed E-state index contributed by atoms with van der Waals surface area (Å²) in [5.41, 5.74) is 2.05. The van der Waals surface area contributed by atoms with Crippen LogP contribution in [0.1, 0.15) is 17.5 Å². The van der Waals surface area contributed by atoms with Crippen molar-refractivity contribution >= 4 is 22.8 Å². The van der Waals surface area contributed by atoms with E-state index < -0.39 is 0 Å². The predicted molar refractivity (Wildman–Crippen MR) is 100 cm³/mol. The van der Waals surface area contributed by atoms with Gasteiger partial charge in [0, 0.05) is 10.9 Å². The standard InChI is InChI=1S/C22H20O3/c1-24-21(23)13-7-11-19-15-14-18-10-5-6-12-20(18)22(19)25-16-17-8-3-2-4-9-17/h2-12,14-15H,13,16H2,1H3. The van der Waals surface area contributed by atoms with Crippen molar-refractivity contribution in [2.75, 3.05) is 7.11 Å². The van der Waals surface area contributed by atoms with E-state index >= 15 is 0 Å². The highest BCUT2D eigenvalue weighted by Gasteiger charge is 2.08. The zero-order valence-electron chi connectivity index (χ0n) is 14.1. The van der Waals surface area contributed by atoms with Crippen LogP contribution in [0.15, 0.2) is 72.8 Å². The van der Waals surface area contributed by atoms with Gasteiger partial charge in [-0.05, 0) is 10.9 Å². The molecule has 0 amide bonds. The first-order valence-corrected chi connectivity index (χ1v) is 8.20. The number of hydrogen-bond donors (Lipinski definition) is 0. The van der Waals surface area contributed by atoms with Crippen molar-refractivity contribution in [3.8, 4) is 5.75 Å². The van der Waals surface area contributed by atoms with Crippen LogP contribution in [0.4, 0.5) is 0 Å². The van der Waals surface area contributed by atoms with Crippen molar-refractivity contribution in [2.45, 2.75) is 13.0 Å². The van der Waals surface area contributed by atoms with Gasteiger partial charge in [-0.1, -0.05) is 78.9 Å². The largest absolute Gasteiger partial charge is 0.488 e. The second-order valence-electron chi connectivity index (χ2n) is 5.66. The molecule has 0 radical (unpaired) electrons. The van der Waals surface area contributed by atoms with Crippen molar-refractivity contribution in [1.29, 1.82) is 0 Å². The van der Waals surface area contributed by atoms with Gasteiger partial charge >= 0.3 is 5.97 Å². The van der Waals surface area contributed by atoms with E-state index in [9.17, 15) is 4.79 Å². The Morgan fingerprint density at radius 3 is 2.52 bits per heavy atom. The summed E-state index contributed by atoms with van der Waals surface area (Å²) >= 11 is 0. The number of fused-ring (bicyclic) bond motifs is 1. The molecule has 0 aliphatic carbocycles. The van der Waals surface area contributed by atoms with Crippen LogP contribution in [-0.4, -0.2) is 13.1 Å². The minimum atomic E-state index is -0.260. The first-order chi connectivity index (χ1) is 12.3. The molecule has 0 bridgehead atoms. The van der Waals surface area contributed by atoms with E-state index in [4.69, 9.17) is 4.74 Å². The molecule has 3 nitrogen and oxygen atoms in total. The van der Waals surface area contributed by atoms with Crippen LogP contribution >= 0.6 is 0 Å². The summed E-state index contributed by atoms with van der Waals surface area (Å²) < 4.78 is 10.8. The molecule has 0 spiro atoms. The van der Waals surface area contributed by atoms with Gasteiger partial charge in [-0.3, -0.25) is 4.79 Å². The quantitative estimate of drug-likeness (QED) is 0.596. The van der Waals surface area contributed by atoms with Gasteiger partial charge in [0.15, 0.2) is 0 Å². The smallest absolute Gasteiger partial charge is 0.309 e. The Morgan fingerprint density at radius 1 is 0.960 bits per heavy atom. The van der Waals surface area contributed by atoms with Crippen LogP contribution < -0.4 is 4.74 Å². The summed E-state index contributed by atoms with van der Waals surface area (Å²) in [4.78, 5) is 11.3. The zero-order chi connectivity index (χ0) is 17.5. The number of rotatable bonds is 6. The SMILES string of the molecule is COC(=O)CC=Cc1ccc2ccccc2c1OCc1ccccc1. The van der Waals surface area contributed by atoms with Gasteiger partial charge in [0.2, 0.25) is 0 Å². The van der Waals surface area contributed by atoms with Crippen molar-refractivity contribution in [2.24, 2.45) is 0 Å². The van der Waals surface area contributed by atoms with Gasteiger partial charge in [-0.25, -0.2) is 0 Å². The van der Waals surface area contributed by atoms with Crippen LogP contribution in [0.3, 0.4) is 0 Å². The third-order valence-electron chi connectivity index (χ3n) is 3.95. The molecular formula is C22H20O3. The summed E-state index contributed by atoms with van der Waals surface area (Å²) in [6.45, 7) is 0.493. The predicted octanol–water partition coefficient (Wildman–Crippen LogP) is 5.00. The average Bonchev–Trinajstić information content (AvgIpc) is 2.67. The molecule has 0 unspecified atom stereocenters. The first kappa shape index (κ1) is 16.8. The Kier molecular flexibility index (Phi) is 5.47. The normalized spacial score (nSPS) is 10.9. The summed E-state index contributed by atoms with van der Waals surface area (Å²) in [5, 5.41) is 2.18. The Hall–Kier alpha value is -3.07. The van der Waals surface area contributed by atoms with E-state index in [0.717, 1.165) is 27.6 Å². The van der Waals surface area contributed by atoms with Crippen molar-refractivity contribution < 1.29 is 14.3 Å². The molecule has 3 aromatic carbocycles. The maximum absolute atomic E-state index is 11.3. The first-order valence-electron chi connectivity index (χ1n) is 8.20. The molecule has 3 rings (SSSR count). The van der Waals surface area contributed by atoms with Crippen molar-refractivity contribution in [3.05, 3.63) is 83.9 Å². The Bertz CT molecular complexity index is 882. The molecule has 3 heteroatoms. The van der Waals surface area contributed by atoms with Crippen LogP contribution in [0.5, 0.6) is 5.75 Å². The summed E-state index contributed by atoms with van der Waals surface area (Å²) in [6, 6.07) is 22.3. The summed E-state index contributed by atoms with van der Waals surface area (Å²) in [5.74, 6) is 0.562. The van der Waals surface area contributed by atoms with E-state index in [1.54, 1.807) is 6.08 Å². The average molecular weight is 332 g/mol. The van der Waals surface area contributed by atoms with Crippen LogP contribution in [-0.2, 0) is 16.1 Å². The van der Waals surface area contributed by atoms with Crippen LogP contribution in [0.25, 0.3) is 16.8 Å². The van der Waals surface area contributed by atoms with Gasteiger partial charge in [0.05, 0.1) is 13.5 Å². The highest BCUT2D eigenvalue weighted by molar-refractivity contribution is 5.92. The van der Waals surface area contributed by atoms with Crippen molar-refractivity contribution in [3.63, 3.8) is 0 Å². The lowest BCUT2D eigenvalue weighted by Gasteiger charge is -2.13. The maximum atomic E-state index is 11.3. The molecule has 0 aromatic heterocycles. The Morgan fingerprint density at radius 2 is 1.72 bits per heavy atom. The number of ether oxygens (including phenoxy) is 2. The molecule has 0 saturated heterocycles. The van der Waals surface area contributed by atoms with Gasteiger partial charge in [0.1, 0.15) is 12.4 Å². The fourth-order valence-corrected chi connectivity index (χ4v) is 2.65. The number of methoxy groups -OCH3 is 1. The van der Waals surface area contributed by atoms with Gasteiger partial charge in [0.25, 0.3) is 0 Å². The molecule has 0 heterocycles. The third kappa shape index (κ3) is 4.27. The number of benzene rings is 3. The number of carbonyl (C=O) groups is 1. The topological polar surface area (TPSA) is 35.5 Å². The minimum absolute atomic E-state index is 0.238. The molecule has 3 aromatic rings. The lowest BCUT2D eigenvalue weighted by Crippen LogP contribution is -1.98. The third-order valence-corrected chi connectivity index (χ3v) is 3.95. The zero-order valence-corrected chi connectivity index (χ0v) is 14.1. The fraction of sp³-hybridized carbons (Fsp3) is 0.136. The fourth-order valence-electron chi connectivity index (χ4n) is 2.65. The molecule has 0 fully saturated rings. The number of hydrogen-bond acceptors (Lipinski definition) is 3. The Balaban J connectivity index is 1.91. The van der Waals surface area contributed by atoms with E-state index in [1.165, 1.54) is 7.11 Å². The van der Waals surface area contributed by atoms with Crippen LogP contribution in [0, 0.1) is 0 Å². The second-order valence-corrected chi connectivity index (χ2v) is 5.66. The summed E-state index contributed by atoms with van der Waals surface area (Å²) in [6.07, 6.45) is 3.94. The van der Waals surface area contributed by atoms with E-state index in [0.29, 0.717) is 6.61 Å². The second kappa shape index (κ2) is 8.15. The number of esters is 1. The Labute approximate surface area is 147 Å². The highest BCUT2D eigenvalue weighted by atomic mass is 16.5. The van der Waals surface area contributed by atoms with E-state index in [-0.39, 0.29) is 12.4 Å². The molecule has 0 aliphatic heterocycles. The van der Waals surface area contributed by atoms with E-state index in [2.05, 4.69) is 16.9 Å². The monoisotopic (exact) mass is 332 g/mol. The molecule has 0 saturated carbocycles. The van der Waals surface area contributed by atoms with Gasteiger partial charge in [-0.2, -0.15) is 0 Å². The maximum Gasteiger partial charge on any atom is 0.309 e. The van der Waals surface area contributed by atoms with Crippen molar-refractivity contribution in [1.82, 2.24) is 0 Å². The molecule has 0 aliphatic rings. The highest BCUT2D eigenvalue weighted by Crippen LogP contribution is 2.31. The molecular weight excluding hydrogens is 312 g/mol. The van der Waals surface area contributed by atoms with Gasteiger partial charge < -0.3 is 9.47 Å². The lowest BCUT2D eigenvalue weighted by molar-refractivity contribution is -0.139. The number of carbonyl (C=O) groups excluding carboxylic acids is 1. The molecule has 0 atom stereocenters.